The summed E-state index contributed by atoms with van der Waals surface area (Å²) in [4.78, 5) is 32.9. The Hall–Kier alpha value is -2.18. The maximum absolute atomic E-state index is 13.7. The van der Waals surface area contributed by atoms with Crippen molar-refractivity contribution in [1.82, 2.24) is 14.7 Å². The van der Waals surface area contributed by atoms with Crippen LogP contribution in [0, 0.1) is 0 Å². The maximum Gasteiger partial charge on any atom is 0.327 e. The van der Waals surface area contributed by atoms with E-state index in [-0.39, 0.29) is 18.0 Å². The van der Waals surface area contributed by atoms with Crippen molar-refractivity contribution < 1.29 is 9.59 Å². The Kier molecular flexibility index (Phi) is 4.71. The second-order valence-electron chi connectivity index (χ2n) is 8.47. The van der Waals surface area contributed by atoms with Crippen LogP contribution in [-0.4, -0.2) is 57.9 Å². The van der Waals surface area contributed by atoms with Crippen LogP contribution in [0.4, 0.5) is 4.79 Å². The average Bonchev–Trinajstić information content (AvgIpc) is 3.42. The number of amides is 3. The van der Waals surface area contributed by atoms with Gasteiger partial charge in [0.25, 0.3) is 5.91 Å². The number of benzene rings is 1. The smallest absolute Gasteiger partial charge is 0.310 e. The summed E-state index contributed by atoms with van der Waals surface area (Å²) < 4.78 is 0. The second kappa shape index (κ2) is 7.26. The number of imide groups is 1. The number of carbonyl (C=O) groups is 2. The molecule has 3 aliphatic rings. The van der Waals surface area contributed by atoms with Gasteiger partial charge in [0.2, 0.25) is 0 Å². The van der Waals surface area contributed by atoms with Gasteiger partial charge in [0.15, 0.2) is 0 Å². The Morgan fingerprint density at radius 1 is 1.07 bits per heavy atom. The average molecular weight is 410 g/mol. The van der Waals surface area contributed by atoms with Crippen molar-refractivity contribution in [2.75, 3.05) is 19.6 Å². The van der Waals surface area contributed by atoms with Gasteiger partial charge in [-0.3, -0.25) is 14.6 Å². The van der Waals surface area contributed by atoms with Gasteiger partial charge < -0.3 is 4.90 Å². The van der Waals surface area contributed by atoms with Crippen LogP contribution in [0.5, 0.6) is 0 Å². The lowest BCUT2D eigenvalue weighted by molar-refractivity contribution is -0.137. The molecule has 0 saturated carbocycles. The number of likely N-dealkylation sites (N-methyl/N-ethyl adjacent to an activating group) is 1. The standard InChI is InChI=1S/C23H27N3O2S/c1-2-25-22(28)26(20-13-18-5-3-4-6-19(18)14-20)21(27)23(25)8-10-24(11-9-23)15-17-7-12-29-16-17/h3-7,12,16,20H,2,8-11,13-15H2,1H3. The third-order valence-corrected chi connectivity index (χ3v) is 7.68. The van der Waals surface area contributed by atoms with E-state index in [2.05, 4.69) is 33.9 Å². The van der Waals surface area contributed by atoms with Gasteiger partial charge in [-0.15, -0.1) is 0 Å². The minimum absolute atomic E-state index is 0.0374. The predicted octanol–water partition coefficient (Wildman–Crippen LogP) is 3.53. The molecular formula is C23H27N3O2S. The summed E-state index contributed by atoms with van der Waals surface area (Å²) in [7, 11) is 0. The highest BCUT2D eigenvalue weighted by molar-refractivity contribution is 7.07. The first-order valence-corrected chi connectivity index (χ1v) is 11.5. The molecule has 1 spiro atoms. The maximum atomic E-state index is 13.7. The minimum Gasteiger partial charge on any atom is -0.310 e. The molecule has 2 aliphatic heterocycles. The molecule has 0 N–H and O–H groups in total. The normalized spacial score (nSPS) is 22.1. The number of urea groups is 1. The van der Waals surface area contributed by atoms with Crippen LogP contribution in [0.1, 0.15) is 36.5 Å². The van der Waals surface area contributed by atoms with E-state index < -0.39 is 5.54 Å². The number of hydrogen-bond acceptors (Lipinski definition) is 4. The lowest BCUT2D eigenvalue weighted by atomic mass is 9.85. The Morgan fingerprint density at radius 2 is 1.76 bits per heavy atom. The summed E-state index contributed by atoms with van der Waals surface area (Å²) in [5.41, 5.74) is 3.23. The Labute approximate surface area is 175 Å². The number of likely N-dealkylation sites (tertiary alicyclic amines) is 1. The fourth-order valence-electron chi connectivity index (χ4n) is 5.42. The molecule has 0 atom stereocenters. The van der Waals surface area contributed by atoms with Crippen LogP contribution in [0.2, 0.25) is 0 Å². The van der Waals surface area contributed by atoms with Gasteiger partial charge in [-0.05, 0) is 66.1 Å². The highest BCUT2D eigenvalue weighted by Gasteiger charge is 2.59. The molecule has 5 nitrogen and oxygen atoms in total. The van der Waals surface area contributed by atoms with E-state index >= 15 is 0 Å². The quantitative estimate of drug-likeness (QED) is 0.726. The van der Waals surface area contributed by atoms with Crippen LogP contribution in [0.25, 0.3) is 0 Å². The number of nitrogens with zero attached hydrogens (tertiary/aromatic N) is 3. The third kappa shape index (κ3) is 3.01. The number of hydrogen-bond donors (Lipinski definition) is 0. The largest absolute Gasteiger partial charge is 0.327 e. The highest BCUT2D eigenvalue weighted by Crippen LogP contribution is 2.40. The van der Waals surface area contributed by atoms with E-state index in [4.69, 9.17) is 0 Å². The van der Waals surface area contributed by atoms with E-state index in [0.29, 0.717) is 6.54 Å². The van der Waals surface area contributed by atoms with E-state index in [0.717, 1.165) is 45.3 Å². The first-order valence-electron chi connectivity index (χ1n) is 10.6. The molecule has 0 bridgehead atoms. The molecule has 1 aromatic carbocycles. The van der Waals surface area contributed by atoms with Crippen LogP contribution in [-0.2, 0) is 24.2 Å². The molecule has 3 heterocycles. The molecular weight excluding hydrogens is 382 g/mol. The zero-order chi connectivity index (χ0) is 20.0. The van der Waals surface area contributed by atoms with Crippen molar-refractivity contribution in [3.63, 3.8) is 0 Å². The summed E-state index contributed by atoms with van der Waals surface area (Å²) in [5.74, 6) is 0.0392. The number of rotatable bonds is 4. The molecule has 1 aliphatic carbocycles. The van der Waals surface area contributed by atoms with Gasteiger partial charge in [-0.1, -0.05) is 24.3 Å². The summed E-state index contributed by atoms with van der Waals surface area (Å²) in [6.07, 6.45) is 3.02. The van der Waals surface area contributed by atoms with E-state index in [1.54, 1.807) is 16.2 Å². The van der Waals surface area contributed by atoms with Gasteiger partial charge in [-0.2, -0.15) is 11.3 Å². The lowest BCUT2D eigenvalue weighted by Crippen LogP contribution is -2.56. The van der Waals surface area contributed by atoms with Crippen molar-refractivity contribution in [3.8, 4) is 0 Å². The van der Waals surface area contributed by atoms with Gasteiger partial charge in [0.1, 0.15) is 5.54 Å². The molecule has 2 aromatic rings. The van der Waals surface area contributed by atoms with Crippen molar-refractivity contribution in [1.29, 1.82) is 0 Å². The molecule has 0 radical (unpaired) electrons. The molecule has 152 valence electrons. The Balaban J connectivity index is 1.34. The van der Waals surface area contributed by atoms with Crippen LogP contribution in [0.3, 0.4) is 0 Å². The fourth-order valence-corrected chi connectivity index (χ4v) is 6.08. The summed E-state index contributed by atoms with van der Waals surface area (Å²) in [6.45, 7) is 5.21. The van der Waals surface area contributed by atoms with E-state index in [1.165, 1.54) is 16.7 Å². The zero-order valence-corrected chi connectivity index (χ0v) is 17.7. The third-order valence-electron chi connectivity index (χ3n) is 6.95. The number of thiophene rings is 1. The van der Waals surface area contributed by atoms with Crippen molar-refractivity contribution in [3.05, 3.63) is 57.8 Å². The summed E-state index contributed by atoms with van der Waals surface area (Å²) in [6, 6.07) is 10.4. The minimum atomic E-state index is -0.647. The van der Waals surface area contributed by atoms with Gasteiger partial charge in [0, 0.05) is 32.2 Å². The van der Waals surface area contributed by atoms with Crippen molar-refractivity contribution >= 4 is 23.3 Å². The van der Waals surface area contributed by atoms with Crippen LogP contribution in [0.15, 0.2) is 41.1 Å². The Bertz CT molecular complexity index is 893. The van der Waals surface area contributed by atoms with Crippen LogP contribution < -0.4 is 0 Å². The lowest BCUT2D eigenvalue weighted by Gasteiger charge is -2.41. The SMILES string of the molecule is CCN1C(=O)N(C2Cc3ccccc3C2)C(=O)C12CCN(Cc1ccsc1)CC2. The zero-order valence-electron chi connectivity index (χ0n) is 16.8. The molecule has 3 amide bonds. The number of fused-ring (bicyclic) bond motifs is 1. The predicted molar refractivity (Wildman–Crippen MR) is 114 cm³/mol. The molecule has 0 unspecified atom stereocenters. The topological polar surface area (TPSA) is 43.9 Å². The number of carbonyl (C=O) groups excluding carboxylic acids is 2. The molecule has 2 saturated heterocycles. The molecule has 2 fully saturated rings. The first-order chi connectivity index (χ1) is 14.1. The Morgan fingerprint density at radius 3 is 2.34 bits per heavy atom. The number of piperidine rings is 1. The fraction of sp³-hybridized carbons (Fsp3) is 0.478. The molecule has 29 heavy (non-hydrogen) atoms. The molecule has 5 rings (SSSR count). The van der Waals surface area contributed by atoms with E-state index in [1.807, 2.05) is 24.0 Å². The molecule has 6 heteroatoms. The van der Waals surface area contributed by atoms with Gasteiger partial charge in [-0.25, -0.2) is 4.79 Å². The molecule has 1 aromatic heterocycles. The first kappa shape index (κ1) is 18.8. The van der Waals surface area contributed by atoms with Crippen molar-refractivity contribution in [2.45, 2.75) is 50.7 Å². The summed E-state index contributed by atoms with van der Waals surface area (Å²) in [5, 5.41) is 4.29. The monoisotopic (exact) mass is 409 g/mol. The van der Waals surface area contributed by atoms with Crippen LogP contribution >= 0.6 is 11.3 Å². The van der Waals surface area contributed by atoms with Crippen molar-refractivity contribution in [2.24, 2.45) is 0 Å². The highest BCUT2D eigenvalue weighted by atomic mass is 32.1. The summed E-state index contributed by atoms with van der Waals surface area (Å²) >= 11 is 1.72. The van der Waals surface area contributed by atoms with E-state index in [9.17, 15) is 9.59 Å². The van der Waals surface area contributed by atoms with Gasteiger partial charge >= 0.3 is 6.03 Å². The second-order valence-corrected chi connectivity index (χ2v) is 9.25. The van der Waals surface area contributed by atoms with Gasteiger partial charge in [0.05, 0.1) is 0 Å².